The van der Waals surface area contributed by atoms with Crippen molar-refractivity contribution in [3.05, 3.63) is 59.7 Å². The number of fused-ring (bicyclic) bond motifs is 3. The number of rotatable bonds is 4. The molecule has 32 heavy (non-hydrogen) atoms. The van der Waals surface area contributed by atoms with Crippen LogP contribution in [0.4, 0.5) is 4.39 Å². The molecule has 0 bridgehead atoms. The molecule has 2 aromatic heterocycles. The molecule has 0 spiro atoms. The number of nitrogens with zero attached hydrogens (tertiary/aromatic N) is 2. The van der Waals surface area contributed by atoms with Gasteiger partial charge >= 0.3 is 0 Å². The summed E-state index contributed by atoms with van der Waals surface area (Å²) in [7, 11) is 0. The van der Waals surface area contributed by atoms with Crippen LogP contribution in [0.3, 0.4) is 0 Å². The van der Waals surface area contributed by atoms with E-state index in [0.29, 0.717) is 23.4 Å². The number of hydrogen-bond donors (Lipinski definition) is 1. The molecule has 1 aliphatic carbocycles. The summed E-state index contributed by atoms with van der Waals surface area (Å²) in [5.41, 5.74) is 1.43. The molecule has 5 rings (SSSR count). The summed E-state index contributed by atoms with van der Waals surface area (Å²) in [5, 5.41) is 3.24. The Balaban J connectivity index is 1.52. The van der Waals surface area contributed by atoms with Crippen molar-refractivity contribution in [1.29, 1.82) is 0 Å². The lowest BCUT2D eigenvalue weighted by atomic mass is 9.93. The third-order valence-electron chi connectivity index (χ3n) is 6.96. The monoisotopic (exact) mass is 437 g/mol. The number of amides is 2. The first-order valence-corrected chi connectivity index (χ1v) is 11.4. The van der Waals surface area contributed by atoms with Gasteiger partial charge in [-0.2, -0.15) is 0 Å². The number of furan rings is 1. The lowest BCUT2D eigenvalue weighted by Crippen LogP contribution is -2.64. The fourth-order valence-electron chi connectivity index (χ4n) is 5.10. The average Bonchev–Trinajstić information content (AvgIpc) is 3.26. The first-order valence-electron chi connectivity index (χ1n) is 11.4. The van der Waals surface area contributed by atoms with Crippen LogP contribution in [0.1, 0.15) is 61.5 Å². The highest BCUT2D eigenvalue weighted by atomic mass is 19.1. The Hall–Kier alpha value is -3.09. The van der Waals surface area contributed by atoms with Gasteiger partial charge < -0.3 is 19.2 Å². The van der Waals surface area contributed by atoms with Crippen molar-refractivity contribution in [2.75, 3.05) is 0 Å². The Morgan fingerprint density at radius 1 is 1.19 bits per heavy atom. The molecule has 2 aliphatic rings. The predicted octanol–water partition coefficient (Wildman–Crippen LogP) is 4.63. The van der Waals surface area contributed by atoms with Crippen molar-refractivity contribution in [1.82, 2.24) is 14.8 Å². The zero-order valence-corrected chi connectivity index (χ0v) is 18.3. The molecule has 1 saturated carbocycles. The minimum Gasteiger partial charge on any atom is -0.463 e. The van der Waals surface area contributed by atoms with Crippen LogP contribution in [0.15, 0.2) is 47.1 Å². The molecule has 7 heteroatoms. The van der Waals surface area contributed by atoms with Crippen molar-refractivity contribution in [2.45, 2.75) is 70.1 Å². The maximum absolute atomic E-state index is 13.9. The average molecular weight is 438 g/mol. The molecule has 3 aromatic rings. The van der Waals surface area contributed by atoms with E-state index in [-0.39, 0.29) is 30.2 Å². The summed E-state index contributed by atoms with van der Waals surface area (Å²) in [6, 6.07) is 9.84. The maximum atomic E-state index is 13.9. The van der Waals surface area contributed by atoms with Gasteiger partial charge in [0.2, 0.25) is 5.91 Å². The topological polar surface area (TPSA) is 67.5 Å². The number of halogens is 1. The Labute approximate surface area is 186 Å². The van der Waals surface area contributed by atoms with Gasteiger partial charge in [0.05, 0.1) is 18.3 Å². The fourth-order valence-corrected chi connectivity index (χ4v) is 5.10. The van der Waals surface area contributed by atoms with Crippen LogP contribution >= 0.6 is 0 Å². The number of hydrogen-bond acceptors (Lipinski definition) is 3. The molecule has 1 fully saturated rings. The summed E-state index contributed by atoms with van der Waals surface area (Å²) in [4.78, 5) is 28.9. The van der Waals surface area contributed by atoms with E-state index in [4.69, 9.17) is 4.42 Å². The SMILES string of the molecule is C[C@]1(C(=O)NC2CCCCCC2)Cn2c(cc3occc32)C(=O)N1Cc1cccc(F)c1. The Bertz CT molecular complexity index is 1160. The first kappa shape index (κ1) is 20.8. The largest absolute Gasteiger partial charge is 0.463 e. The van der Waals surface area contributed by atoms with Crippen LogP contribution in [0, 0.1) is 5.82 Å². The quantitative estimate of drug-likeness (QED) is 0.606. The zero-order valence-electron chi connectivity index (χ0n) is 18.3. The highest BCUT2D eigenvalue weighted by Crippen LogP contribution is 2.34. The first-order chi connectivity index (χ1) is 15.5. The highest BCUT2D eigenvalue weighted by Gasteiger charge is 2.48. The van der Waals surface area contributed by atoms with E-state index < -0.39 is 5.54 Å². The normalized spacial score (nSPS) is 22.1. The van der Waals surface area contributed by atoms with Crippen molar-refractivity contribution < 1.29 is 18.4 Å². The van der Waals surface area contributed by atoms with Crippen molar-refractivity contribution in [2.24, 2.45) is 0 Å². The van der Waals surface area contributed by atoms with Crippen LogP contribution in [0.2, 0.25) is 0 Å². The molecule has 168 valence electrons. The molecule has 0 unspecified atom stereocenters. The van der Waals surface area contributed by atoms with Crippen molar-refractivity contribution in [3.63, 3.8) is 0 Å². The lowest BCUT2D eigenvalue weighted by Gasteiger charge is -2.44. The van der Waals surface area contributed by atoms with E-state index >= 15 is 0 Å². The van der Waals surface area contributed by atoms with E-state index in [0.717, 1.165) is 31.2 Å². The predicted molar refractivity (Wildman–Crippen MR) is 119 cm³/mol. The van der Waals surface area contributed by atoms with E-state index in [2.05, 4.69) is 5.32 Å². The van der Waals surface area contributed by atoms with Gasteiger partial charge in [0.1, 0.15) is 17.1 Å². The smallest absolute Gasteiger partial charge is 0.271 e. The molecule has 2 amide bonds. The molecule has 1 aromatic carbocycles. The second-order valence-corrected chi connectivity index (χ2v) is 9.24. The molecule has 0 saturated heterocycles. The van der Waals surface area contributed by atoms with Gasteiger partial charge in [0.25, 0.3) is 5.91 Å². The number of carbonyl (C=O) groups is 2. The van der Waals surface area contributed by atoms with Crippen molar-refractivity contribution >= 4 is 22.9 Å². The maximum Gasteiger partial charge on any atom is 0.271 e. The third-order valence-corrected chi connectivity index (χ3v) is 6.96. The molecule has 3 heterocycles. The van der Waals surface area contributed by atoms with E-state index in [1.54, 1.807) is 29.4 Å². The number of carbonyl (C=O) groups excluding carboxylic acids is 2. The summed E-state index contributed by atoms with van der Waals surface area (Å²) in [5.74, 6) is -0.784. The summed E-state index contributed by atoms with van der Waals surface area (Å²) >= 11 is 0. The highest BCUT2D eigenvalue weighted by molar-refractivity contribution is 6.02. The zero-order chi connectivity index (χ0) is 22.3. The van der Waals surface area contributed by atoms with Gasteiger partial charge in [-0.1, -0.05) is 37.8 Å². The number of aromatic nitrogens is 1. The molecule has 1 aliphatic heterocycles. The van der Waals surface area contributed by atoms with E-state index in [1.807, 2.05) is 17.6 Å². The third kappa shape index (κ3) is 3.59. The van der Waals surface area contributed by atoms with Crippen LogP contribution < -0.4 is 5.32 Å². The summed E-state index contributed by atoms with van der Waals surface area (Å²) < 4.78 is 21.2. The Morgan fingerprint density at radius 2 is 1.97 bits per heavy atom. The van der Waals surface area contributed by atoms with Gasteiger partial charge in [0.15, 0.2) is 5.58 Å². The van der Waals surface area contributed by atoms with Gasteiger partial charge in [-0.15, -0.1) is 0 Å². The second kappa shape index (κ2) is 8.11. The minimum absolute atomic E-state index is 0.118. The molecule has 0 radical (unpaired) electrons. The van der Waals surface area contributed by atoms with Crippen molar-refractivity contribution in [3.8, 4) is 0 Å². The summed E-state index contributed by atoms with van der Waals surface area (Å²) in [6.45, 7) is 2.27. The minimum atomic E-state index is -1.12. The lowest BCUT2D eigenvalue weighted by molar-refractivity contribution is -0.134. The van der Waals surface area contributed by atoms with Crippen LogP contribution in [0.25, 0.3) is 11.1 Å². The van der Waals surface area contributed by atoms with Gasteiger partial charge in [-0.05, 0) is 37.5 Å². The molecule has 1 N–H and O–H groups in total. The molecular formula is C25H28FN3O3. The van der Waals surface area contributed by atoms with E-state index in [9.17, 15) is 14.0 Å². The number of nitrogens with one attached hydrogen (secondary N) is 1. The molecule has 6 nitrogen and oxygen atoms in total. The summed E-state index contributed by atoms with van der Waals surface area (Å²) in [6.07, 6.45) is 8.10. The Kier molecular flexibility index (Phi) is 5.27. The van der Waals surface area contributed by atoms with Gasteiger partial charge in [0, 0.05) is 24.7 Å². The van der Waals surface area contributed by atoms with Gasteiger partial charge in [-0.25, -0.2) is 4.39 Å². The van der Waals surface area contributed by atoms with E-state index in [1.165, 1.54) is 25.0 Å². The molecular weight excluding hydrogens is 409 g/mol. The fraction of sp³-hybridized carbons (Fsp3) is 0.440. The van der Waals surface area contributed by atoms with Crippen LogP contribution in [-0.4, -0.2) is 32.9 Å². The van der Waals surface area contributed by atoms with Crippen LogP contribution in [-0.2, 0) is 17.9 Å². The number of benzene rings is 1. The Morgan fingerprint density at radius 3 is 2.72 bits per heavy atom. The van der Waals surface area contributed by atoms with Crippen LogP contribution in [0.5, 0.6) is 0 Å². The van der Waals surface area contributed by atoms with Gasteiger partial charge in [-0.3, -0.25) is 9.59 Å². The second-order valence-electron chi connectivity index (χ2n) is 9.24. The molecule has 1 atom stereocenters. The standard InChI is InChI=1S/C25H28FN3O3/c1-25(24(31)27-19-9-4-2-3-5-10-19)16-28-20-11-12-32-22(20)14-21(28)23(30)29(25)15-17-7-6-8-18(26)13-17/h6-8,11-14,19H,2-5,9-10,15-16H2,1H3,(H,27,31)/t25-/m1/s1.